The van der Waals surface area contributed by atoms with E-state index in [4.69, 9.17) is 4.74 Å². The molecule has 4 rings (SSSR count). The van der Waals surface area contributed by atoms with Gasteiger partial charge < -0.3 is 19.5 Å². The zero-order chi connectivity index (χ0) is 20.1. The standard InChI is InChI=1S/C22H23FN4O2/c23-20-6-4-19(5-7-20)21-15-27(10-11-29-21)22(28)25-13-17-2-1-3-18(12-17)14-26-9-8-24-16-26/h1-9,12,16,21H,10-11,13-15H2,(H,25,28). The molecule has 7 heteroatoms. The van der Waals surface area contributed by atoms with E-state index in [0.717, 1.165) is 23.2 Å². The van der Waals surface area contributed by atoms with Crippen LogP contribution >= 0.6 is 0 Å². The smallest absolute Gasteiger partial charge is 0.317 e. The van der Waals surface area contributed by atoms with Crippen LogP contribution in [0.5, 0.6) is 0 Å². The van der Waals surface area contributed by atoms with Crippen LogP contribution in [0.15, 0.2) is 67.3 Å². The molecule has 3 aromatic rings. The van der Waals surface area contributed by atoms with Crippen molar-refractivity contribution in [2.75, 3.05) is 19.7 Å². The molecule has 1 aliphatic rings. The van der Waals surface area contributed by atoms with Crippen molar-refractivity contribution in [1.82, 2.24) is 19.8 Å². The first-order chi connectivity index (χ1) is 14.2. The number of imidazole rings is 1. The molecular weight excluding hydrogens is 371 g/mol. The van der Waals surface area contributed by atoms with Gasteiger partial charge in [0.25, 0.3) is 0 Å². The number of halogens is 1. The van der Waals surface area contributed by atoms with Crippen LogP contribution < -0.4 is 5.32 Å². The quantitative estimate of drug-likeness (QED) is 0.722. The maximum Gasteiger partial charge on any atom is 0.317 e. The Labute approximate surface area is 168 Å². The molecule has 0 radical (unpaired) electrons. The summed E-state index contributed by atoms with van der Waals surface area (Å²) in [4.78, 5) is 18.4. The third-order valence-electron chi connectivity index (χ3n) is 4.95. The van der Waals surface area contributed by atoms with Crippen LogP contribution in [0.3, 0.4) is 0 Å². The second-order valence-corrected chi connectivity index (χ2v) is 7.07. The minimum absolute atomic E-state index is 0.125. The molecule has 1 saturated heterocycles. The molecule has 6 nitrogen and oxygen atoms in total. The number of morpholine rings is 1. The number of ether oxygens (including phenoxy) is 1. The summed E-state index contributed by atoms with van der Waals surface area (Å²) in [6, 6.07) is 14.2. The second kappa shape index (κ2) is 8.87. The molecule has 1 fully saturated rings. The van der Waals surface area contributed by atoms with Gasteiger partial charge in [-0.15, -0.1) is 0 Å². The van der Waals surface area contributed by atoms with Gasteiger partial charge in [-0.05, 0) is 28.8 Å². The van der Waals surface area contributed by atoms with Gasteiger partial charge in [-0.2, -0.15) is 0 Å². The second-order valence-electron chi connectivity index (χ2n) is 7.07. The third kappa shape index (κ3) is 5.00. The lowest BCUT2D eigenvalue weighted by Gasteiger charge is -2.33. The van der Waals surface area contributed by atoms with E-state index < -0.39 is 0 Å². The van der Waals surface area contributed by atoms with Crippen LogP contribution in [0.25, 0.3) is 0 Å². The summed E-state index contributed by atoms with van der Waals surface area (Å²) in [5.41, 5.74) is 3.06. The van der Waals surface area contributed by atoms with E-state index in [9.17, 15) is 9.18 Å². The van der Waals surface area contributed by atoms with Gasteiger partial charge in [0, 0.05) is 32.0 Å². The number of benzene rings is 2. The maximum absolute atomic E-state index is 13.1. The topological polar surface area (TPSA) is 59.4 Å². The van der Waals surface area contributed by atoms with E-state index in [-0.39, 0.29) is 18.0 Å². The summed E-state index contributed by atoms with van der Waals surface area (Å²) in [6.07, 6.45) is 5.22. The van der Waals surface area contributed by atoms with E-state index in [0.29, 0.717) is 26.2 Å². The number of aromatic nitrogens is 2. The fourth-order valence-electron chi connectivity index (χ4n) is 3.43. The van der Waals surface area contributed by atoms with Crippen molar-refractivity contribution in [2.45, 2.75) is 19.2 Å². The van der Waals surface area contributed by atoms with Crippen molar-refractivity contribution in [3.8, 4) is 0 Å². The van der Waals surface area contributed by atoms with E-state index in [1.807, 2.05) is 22.9 Å². The van der Waals surface area contributed by atoms with Crippen molar-refractivity contribution in [1.29, 1.82) is 0 Å². The lowest BCUT2D eigenvalue weighted by atomic mass is 10.1. The van der Waals surface area contributed by atoms with E-state index in [1.165, 1.54) is 12.1 Å². The summed E-state index contributed by atoms with van der Waals surface area (Å²) in [7, 11) is 0. The van der Waals surface area contributed by atoms with Gasteiger partial charge in [0.2, 0.25) is 0 Å². The number of nitrogens with one attached hydrogen (secondary N) is 1. The number of carbonyl (C=O) groups excluding carboxylic acids is 1. The normalized spacial score (nSPS) is 16.6. The first-order valence-electron chi connectivity index (χ1n) is 9.61. The lowest BCUT2D eigenvalue weighted by molar-refractivity contribution is -0.0155. The molecular formula is C22H23FN4O2. The molecule has 150 valence electrons. The summed E-state index contributed by atoms with van der Waals surface area (Å²) >= 11 is 0. The highest BCUT2D eigenvalue weighted by atomic mass is 19.1. The number of urea groups is 1. The Hall–Kier alpha value is -3.19. The number of carbonyl (C=O) groups is 1. The monoisotopic (exact) mass is 394 g/mol. The Balaban J connectivity index is 1.32. The van der Waals surface area contributed by atoms with Gasteiger partial charge in [-0.3, -0.25) is 0 Å². The number of hydrogen-bond acceptors (Lipinski definition) is 3. The predicted octanol–water partition coefficient (Wildman–Crippen LogP) is 3.35. The van der Waals surface area contributed by atoms with Gasteiger partial charge in [-0.25, -0.2) is 14.2 Å². The predicted molar refractivity (Wildman–Crippen MR) is 107 cm³/mol. The van der Waals surface area contributed by atoms with Crippen LogP contribution in [-0.4, -0.2) is 40.2 Å². The molecule has 0 spiro atoms. The van der Waals surface area contributed by atoms with Crippen molar-refractivity contribution in [3.63, 3.8) is 0 Å². The Morgan fingerprint density at radius 2 is 2.03 bits per heavy atom. The number of rotatable bonds is 5. The summed E-state index contributed by atoms with van der Waals surface area (Å²) < 4.78 is 20.9. The highest BCUT2D eigenvalue weighted by Crippen LogP contribution is 2.22. The Morgan fingerprint density at radius 3 is 2.83 bits per heavy atom. The molecule has 1 aromatic heterocycles. The third-order valence-corrected chi connectivity index (χ3v) is 4.95. The van der Waals surface area contributed by atoms with Crippen LogP contribution in [0.4, 0.5) is 9.18 Å². The molecule has 2 amide bonds. The maximum atomic E-state index is 13.1. The van der Waals surface area contributed by atoms with Crippen LogP contribution in [0.2, 0.25) is 0 Å². The Bertz CT molecular complexity index is 944. The molecule has 29 heavy (non-hydrogen) atoms. The van der Waals surface area contributed by atoms with Crippen molar-refractivity contribution in [2.24, 2.45) is 0 Å². The SMILES string of the molecule is O=C(NCc1cccc(Cn2ccnc2)c1)N1CCOC(c2ccc(F)cc2)C1. The summed E-state index contributed by atoms with van der Waals surface area (Å²) in [5, 5.41) is 2.99. The van der Waals surface area contributed by atoms with Crippen molar-refractivity contribution < 1.29 is 13.9 Å². The van der Waals surface area contributed by atoms with Crippen LogP contribution in [0, 0.1) is 5.82 Å². The first kappa shape index (κ1) is 19.1. The highest BCUT2D eigenvalue weighted by Gasteiger charge is 2.25. The summed E-state index contributed by atoms with van der Waals surface area (Å²) in [5.74, 6) is -0.283. The molecule has 2 heterocycles. The summed E-state index contributed by atoms with van der Waals surface area (Å²) in [6.45, 7) is 2.62. The van der Waals surface area contributed by atoms with Gasteiger partial charge in [0.1, 0.15) is 11.9 Å². The number of nitrogens with zero attached hydrogens (tertiary/aromatic N) is 3. The van der Waals surface area contributed by atoms with Crippen molar-refractivity contribution >= 4 is 6.03 Å². The van der Waals surface area contributed by atoms with Crippen LogP contribution in [-0.2, 0) is 17.8 Å². The Kier molecular flexibility index (Phi) is 5.86. The fourth-order valence-corrected chi connectivity index (χ4v) is 3.43. The zero-order valence-electron chi connectivity index (χ0n) is 16.0. The van der Waals surface area contributed by atoms with E-state index >= 15 is 0 Å². The number of amides is 2. The largest absolute Gasteiger partial charge is 0.370 e. The van der Waals surface area contributed by atoms with Gasteiger partial charge in [-0.1, -0.05) is 36.4 Å². The molecule has 1 unspecified atom stereocenters. The molecule has 0 bridgehead atoms. The lowest BCUT2D eigenvalue weighted by Crippen LogP contribution is -2.46. The number of hydrogen-bond donors (Lipinski definition) is 1. The molecule has 1 aliphatic heterocycles. The Morgan fingerprint density at radius 1 is 1.21 bits per heavy atom. The first-order valence-corrected chi connectivity index (χ1v) is 9.61. The van der Waals surface area contributed by atoms with Gasteiger partial charge in [0.05, 0.1) is 19.5 Å². The van der Waals surface area contributed by atoms with Crippen LogP contribution in [0.1, 0.15) is 22.8 Å². The van der Waals surface area contributed by atoms with E-state index in [2.05, 4.69) is 22.4 Å². The highest BCUT2D eigenvalue weighted by molar-refractivity contribution is 5.74. The average Bonchev–Trinajstić information content (AvgIpc) is 3.26. The molecule has 0 aliphatic carbocycles. The minimum atomic E-state index is -0.283. The van der Waals surface area contributed by atoms with Gasteiger partial charge >= 0.3 is 6.03 Å². The molecule has 0 saturated carbocycles. The van der Waals surface area contributed by atoms with Gasteiger partial charge in [0.15, 0.2) is 0 Å². The zero-order valence-corrected chi connectivity index (χ0v) is 16.0. The fraction of sp³-hybridized carbons (Fsp3) is 0.273. The molecule has 1 N–H and O–H groups in total. The van der Waals surface area contributed by atoms with E-state index in [1.54, 1.807) is 29.6 Å². The average molecular weight is 394 g/mol. The van der Waals surface area contributed by atoms with Crippen molar-refractivity contribution in [3.05, 3.63) is 89.8 Å². The minimum Gasteiger partial charge on any atom is -0.370 e. The molecule has 2 aromatic carbocycles. The molecule has 1 atom stereocenters.